The second-order valence-corrected chi connectivity index (χ2v) is 3.42. The second kappa shape index (κ2) is 3.09. The summed E-state index contributed by atoms with van der Waals surface area (Å²) in [4.78, 5) is 28.7. The highest BCUT2D eigenvalue weighted by atomic mass is 35.5. The average Bonchev–Trinajstić information content (AvgIpc) is 2.18. The standard InChI is InChI=1S/C8H7ClN4O2/c1-13-6-4(7(14)12-8(13)15)5(9)3(10)2-11-6/h2H,10H2,1H3,(H,12,14,15). The van der Waals surface area contributed by atoms with Crippen molar-refractivity contribution in [1.29, 1.82) is 0 Å². The van der Waals surface area contributed by atoms with Gasteiger partial charge in [0.2, 0.25) is 0 Å². The van der Waals surface area contributed by atoms with Crippen LogP contribution >= 0.6 is 11.6 Å². The quantitative estimate of drug-likeness (QED) is 0.654. The Morgan fingerprint density at radius 2 is 2.20 bits per heavy atom. The summed E-state index contributed by atoms with van der Waals surface area (Å²) in [5.41, 5.74) is 4.80. The first-order valence-electron chi connectivity index (χ1n) is 4.05. The van der Waals surface area contributed by atoms with Crippen molar-refractivity contribution in [1.82, 2.24) is 14.5 Å². The third-order valence-electron chi connectivity index (χ3n) is 2.09. The predicted octanol–water partition coefficient (Wildman–Crippen LogP) is -0.143. The number of fused-ring (bicyclic) bond motifs is 1. The van der Waals surface area contributed by atoms with Gasteiger partial charge in [-0.3, -0.25) is 14.3 Å². The molecule has 0 unspecified atom stereocenters. The SMILES string of the molecule is Cn1c(=O)[nH]c(=O)c2c(Cl)c(N)cnc21. The number of hydrogen-bond acceptors (Lipinski definition) is 4. The van der Waals surface area contributed by atoms with E-state index >= 15 is 0 Å². The van der Waals surface area contributed by atoms with Gasteiger partial charge in [0, 0.05) is 7.05 Å². The summed E-state index contributed by atoms with van der Waals surface area (Å²) in [7, 11) is 1.49. The number of hydrogen-bond donors (Lipinski definition) is 2. The largest absolute Gasteiger partial charge is 0.396 e. The molecule has 0 aliphatic heterocycles. The summed E-state index contributed by atoms with van der Waals surface area (Å²) in [6.07, 6.45) is 1.31. The number of nitrogens with two attached hydrogens (primary N) is 1. The first-order valence-corrected chi connectivity index (χ1v) is 4.43. The van der Waals surface area contributed by atoms with E-state index in [1.54, 1.807) is 0 Å². The summed E-state index contributed by atoms with van der Waals surface area (Å²) < 4.78 is 1.20. The van der Waals surface area contributed by atoms with Crippen LogP contribution in [0, 0.1) is 0 Å². The van der Waals surface area contributed by atoms with E-state index < -0.39 is 11.2 Å². The van der Waals surface area contributed by atoms with Gasteiger partial charge in [0.05, 0.1) is 16.9 Å². The monoisotopic (exact) mass is 226 g/mol. The van der Waals surface area contributed by atoms with Crippen LogP contribution in [0.5, 0.6) is 0 Å². The van der Waals surface area contributed by atoms with Gasteiger partial charge in [0.25, 0.3) is 5.56 Å². The van der Waals surface area contributed by atoms with Crippen LogP contribution in [0.25, 0.3) is 11.0 Å². The maximum atomic E-state index is 11.5. The molecule has 0 amide bonds. The minimum absolute atomic E-state index is 0.108. The van der Waals surface area contributed by atoms with E-state index in [0.29, 0.717) is 0 Å². The Morgan fingerprint density at radius 3 is 2.87 bits per heavy atom. The summed E-state index contributed by atoms with van der Waals surface area (Å²) >= 11 is 5.86. The van der Waals surface area contributed by atoms with Crippen LogP contribution in [0.4, 0.5) is 5.69 Å². The average molecular weight is 227 g/mol. The van der Waals surface area contributed by atoms with Crippen molar-refractivity contribution < 1.29 is 0 Å². The Hall–Kier alpha value is -1.82. The molecular weight excluding hydrogens is 220 g/mol. The van der Waals surface area contributed by atoms with Gasteiger partial charge in [-0.05, 0) is 0 Å². The highest BCUT2D eigenvalue weighted by molar-refractivity contribution is 6.37. The summed E-state index contributed by atoms with van der Waals surface area (Å²) in [5, 5.41) is 0.232. The Balaban J connectivity index is 3.17. The number of aromatic amines is 1. The Labute approximate surface area is 88.3 Å². The van der Waals surface area contributed by atoms with Gasteiger partial charge in [-0.25, -0.2) is 9.78 Å². The molecule has 3 N–H and O–H groups in total. The number of anilines is 1. The van der Waals surface area contributed by atoms with E-state index in [1.807, 2.05) is 0 Å². The zero-order valence-electron chi connectivity index (χ0n) is 7.74. The highest BCUT2D eigenvalue weighted by Crippen LogP contribution is 2.22. The maximum Gasteiger partial charge on any atom is 0.329 e. The number of halogens is 1. The Bertz CT molecular complexity index is 658. The number of pyridine rings is 1. The van der Waals surface area contributed by atoms with E-state index in [9.17, 15) is 9.59 Å². The highest BCUT2D eigenvalue weighted by Gasteiger charge is 2.11. The summed E-state index contributed by atoms with van der Waals surface area (Å²) in [6.45, 7) is 0. The normalized spacial score (nSPS) is 10.8. The predicted molar refractivity (Wildman–Crippen MR) is 57.0 cm³/mol. The molecule has 2 aromatic heterocycles. The number of nitrogen functional groups attached to an aromatic ring is 1. The molecule has 78 valence electrons. The van der Waals surface area contributed by atoms with E-state index in [-0.39, 0.29) is 21.7 Å². The van der Waals surface area contributed by atoms with Crippen LogP contribution in [-0.4, -0.2) is 14.5 Å². The zero-order chi connectivity index (χ0) is 11.2. The number of rotatable bonds is 0. The van der Waals surface area contributed by atoms with Gasteiger partial charge in [0.15, 0.2) is 5.65 Å². The minimum Gasteiger partial charge on any atom is -0.396 e. The number of aromatic nitrogens is 3. The topological polar surface area (TPSA) is 93.8 Å². The summed E-state index contributed by atoms with van der Waals surface area (Å²) in [6, 6.07) is 0. The van der Waals surface area contributed by atoms with Crippen molar-refractivity contribution in [3.05, 3.63) is 32.1 Å². The van der Waals surface area contributed by atoms with E-state index in [1.165, 1.54) is 17.8 Å². The molecule has 15 heavy (non-hydrogen) atoms. The Kier molecular flexibility index (Phi) is 2.01. The third-order valence-corrected chi connectivity index (χ3v) is 2.50. The number of aryl methyl sites for hydroxylation is 1. The zero-order valence-corrected chi connectivity index (χ0v) is 8.50. The molecule has 0 saturated carbocycles. The minimum atomic E-state index is -0.585. The van der Waals surface area contributed by atoms with Gasteiger partial charge < -0.3 is 5.73 Å². The molecular formula is C8H7ClN4O2. The molecule has 0 bridgehead atoms. The number of nitrogens with zero attached hydrogens (tertiary/aromatic N) is 2. The van der Waals surface area contributed by atoms with Gasteiger partial charge in [0.1, 0.15) is 5.39 Å². The van der Waals surface area contributed by atoms with E-state index in [0.717, 1.165) is 0 Å². The molecule has 0 aliphatic carbocycles. The molecule has 7 heteroatoms. The maximum absolute atomic E-state index is 11.5. The molecule has 0 spiro atoms. The van der Waals surface area contributed by atoms with Crippen molar-refractivity contribution >= 4 is 28.3 Å². The fourth-order valence-electron chi connectivity index (χ4n) is 1.29. The van der Waals surface area contributed by atoms with Crippen LogP contribution in [0.3, 0.4) is 0 Å². The van der Waals surface area contributed by atoms with Crippen molar-refractivity contribution in [3.63, 3.8) is 0 Å². The third kappa shape index (κ3) is 1.30. The number of nitrogens with one attached hydrogen (secondary N) is 1. The van der Waals surface area contributed by atoms with E-state index in [4.69, 9.17) is 17.3 Å². The molecule has 6 nitrogen and oxygen atoms in total. The van der Waals surface area contributed by atoms with Crippen LogP contribution in [0.1, 0.15) is 0 Å². The summed E-state index contributed by atoms with van der Waals surface area (Å²) in [5.74, 6) is 0. The first kappa shape index (κ1) is 9.72. The lowest BCUT2D eigenvalue weighted by atomic mass is 10.3. The van der Waals surface area contributed by atoms with Gasteiger partial charge in [-0.15, -0.1) is 0 Å². The van der Waals surface area contributed by atoms with Gasteiger partial charge >= 0.3 is 5.69 Å². The molecule has 0 aromatic carbocycles. The smallest absolute Gasteiger partial charge is 0.329 e. The molecule has 0 aliphatic rings. The molecule has 0 atom stereocenters. The first-order chi connectivity index (χ1) is 7.02. The second-order valence-electron chi connectivity index (χ2n) is 3.04. The van der Waals surface area contributed by atoms with Gasteiger partial charge in [-0.1, -0.05) is 11.6 Å². The number of H-pyrrole nitrogens is 1. The van der Waals surface area contributed by atoms with Crippen molar-refractivity contribution in [2.75, 3.05) is 5.73 Å². The van der Waals surface area contributed by atoms with Crippen molar-refractivity contribution in [3.8, 4) is 0 Å². The van der Waals surface area contributed by atoms with Gasteiger partial charge in [-0.2, -0.15) is 0 Å². The fourth-order valence-corrected chi connectivity index (χ4v) is 1.51. The molecule has 0 saturated heterocycles. The van der Waals surface area contributed by atoms with Crippen molar-refractivity contribution in [2.45, 2.75) is 0 Å². The van der Waals surface area contributed by atoms with Crippen LogP contribution in [0.2, 0.25) is 5.02 Å². The van der Waals surface area contributed by atoms with Crippen LogP contribution < -0.4 is 17.0 Å². The molecule has 0 fully saturated rings. The van der Waals surface area contributed by atoms with Crippen LogP contribution in [-0.2, 0) is 7.05 Å². The lowest BCUT2D eigenvalue weighted by Gasteiger charge is -2.04. The lowest BCUT2D eigenvalue weighted by molar-refractivity contribution is 0.829. The van der Waals surface area contributed by atoms with Crippen LogP contribution in [0.15, 0.2) is 15.8 Å². The molecule has 0 radical (unpaired) electrons. The Morgan fingerprint density at radius 1 is 1.53 bits per heavy atom. The lowest BCUT2D eigenvalue weighted by Crippen LogP contribution is -2.29. The molecule has 2 heterocycles. The fraction of sp³-hybridized carbons (Fsp3) is 0.125. The molecule has 2 aromatic rings. The van der Waals surface area contributed by atoms with Crippen molar-refractivity contribution in [2.24, 2.45) is 7.05 Å². The molecule has 2 rings (SSSR count). The van der Waals surface area contributed by atoms with E-state index in [2.05, 4.69) is 9.97 Å².